The van der Waals surface area contributed by atoms with Crippen LogP contribution in [0.3, 0.4) is 0 Å². The molecule has 0 amide bonds. The highest BCUT2D eigenvalue weighted by Crippen LogP contribution is 2.68. The number of rotatable bonds is 6. The Hall–Kier alpha value is -0.0800. The molecule has 0 aromatic heterocycles. The van der Waals surface area contributed by atoms with E-state index in [-0.39, 0.29) is 11.7 Å². The lowest BCUT2D eigenvalue weighted by molar-refractivity contribution is -0.118. The van der Waals surface area contributed by atoms with Crippen LogP contribution in [-0.4, -0.2) is 21.9 Å². The van der Waals surface area contributed by atoms with Crippen molar-refractivity contribution in [2.24, 2.45) is 52.3 Å². The highest BCUT2D eigenvalue weighted by Gasteiger charge is 2.60. The van der Waals surface area contributed by atoms with E-state index in [1.807, 2.05) is 0 Å². The van der Waals surface area contributed by atoms with E-state index in [2.05, 4.69) is 41.5 Å². The zero-order valence-electron chi connectivity index (χ0n) is 22.2. The predicted octanol–water partition coefficient (Wildman–Crippen LogP) is 7.61. The fourth-order valence-corrected chi connectivity index (χ4v) is 9.79. The van der Waals surface area contributed by atoms with Gasteiger partial charge in [0.1, 0.15) is 0 Å². The van der Waals surface area contributed by atoms with Crippen molar-refractivity contribution in [1.82, 2.24) is 0 Å². The van der Waals surface area contributed by atoms with Crippen molar-refractivity contribution >= 4 is 0 Å². The van der Waals surface area contributed by atoms with Crippen LogP contribution in [0.15, 0.2) is 0 Å². The average Bonchev–Trinajstić information content (AvgIpc) is 3.04. The number of aliphatic hydroxyl groups excluding tert-OH is 1. The summed E-state index contributed by atoms with van der Waals surface area (Å²) < 4.78 is 0. The first-order valence-corrected chi connectivity index (χ1v) is 14.4. The van der Waals surface area contributed by atoms with Gasteiger partial charge in [-0.2, -0.15) is 0 Å². The van der Waals surface area contributed by atoms with Crippen molar-refractivity contribution in [2.75, 3.05) is 0 Å². The van der Waals surface area contributed by atoms with Gasteiger partial charge in [0.15, 0.2) is 0 Å². The Morgan fingerprint density at radius 3 is 2.25 bits per heavy atom. The van der Waals surface area contributed by atoms with Crippen molar-refractivity contribution in [1.29, 1.82) is 0 Å². The molecule has 0 bridgehead atoms. The molecule has 32 heavy (non-hydrogen) atoms. The number of aliphatic hydroxyl groups is 2. The predicted molar refractivity (Wildman–Crippen MR) is 134 cm³/mol. The van der Waals surface area contributed by atoms with Gasteiger partial charge < -0.3 is 10.2 Å². The molecule has 0 aliphatic heterocycles. The standard InChI is InChI=1S/C30H54O2/c1-7-30(32)18-17-28(5)22(19-30)9-8-10-23-25-13-12-24(29(25,6)16-15-26(23)28)21(4)11-14-27(31)20(2)3/h20-27,31-32H,7-19H2,1-6H3/t21-,22+,23-,24-,25+,26+,27-,28+,29-,30+/m1/s1. The van der Waals surface area contributed by atoms with Gasteiger partial charge in [-0.25, -0.2) is 0 Å². The van der Waals surface area contributed by atoms with E-state index < -0.39 is 0 Å². The van der Waals surface area contributed by atoms with Gasteiger partial charge in [0, 0.05) is 0 Å². The normalized spacial score (nSPS) is 48.5. The molecule has 0 aromatic rings. The Kier molecular flexibility index (Phi) is 7.18. The lowest BCUT2D eigenvalue weighted by Crippen LogP contribution is -2.52. The Bertz CT molecular complexity index is 645. The summed E-state index contributed by atoms with van der Waals surface area (Å²) in [5.41, 5.74) is 0.578. The van der Waals surface area contributed by atoms with Crippen molar-refractivity contribution < 1.29 is 10.2 Å². The number of fused-ring (bicyclic) bond motifs is 5. The zero-order valence-corrected chi connectivity index (χ0v) is 22.2. The first kappa shape index (κ1) is 25.0. The molecular weight excluding hydrogens is 392 g/mol. The molecule has 4 rings (SSSR count). The minimum absolute atomic E-state index is 0.134. The number of hydrogen-bond donors (Lipinski definition) is 2. The molecule has 0 saturated heterocycles. The summed E-state index contributed by atoms with van der Waals surface area (Å²) in [5.74, 6) is 5.39. The van der Waals surface area contributed by atoms with Crippen LogP contribution in [0.2, 0.25) is 0 Å². The topological polar surface area (TPSA) is 40.5 Å². The molecule has 2 nitrogen and oxygen atoms in total. The highest BCUT2D eigenvalue weighted by atomic mass is 16.3. The molecule has 2 N–H and O–H groups in total. The summed E-state index contributed by atoms with van der Waals surface area (Å²) in [7, 11) is 0. The Balaban J connectivity index is 1.49. The monoisotopic (exact) mass is 446 g/mol. The van der Waals surface area contributed by atoms with E-state index >= 15 is 0 Å². The molecule has 2 heteroatoms. The Morgan fingerprint density at radius 1 is 0.844 bits per heavy atom. The first-order chi connectivity index (χ1) is 15.0. The summed E-state index contributed by atoms with van der Waals surface area (Å²) in [4.78, 5) is 0. The molecule has 4 saturated carbocycles. The van der Waals surface area contributed by atoms with Gasteiger partial charge in [-0.05, 0) is 129 Å². The molecule has 0 unspecified atom stereocenters. The van der Waals surface area contributed by atoms with Gasteiger partial charge in [-0.1, -0.05) is 48.0 Å². The average molecular weight is 447 g/mol. The molecule has 4 aliphatic rings. The molecule has 4 fully saturated rings. The highest BCUT2D eigenvalue weighted by molar-refractivity contribution is 5.09. The molecule has 0 aromatic carbocycles. The largest absolute Gasteiger partial charge is 0.393 e. The molecular formula is C30H54O2. The second kappa shape index (κ2) is 9.18. The Labute approximate surface area is 199 Å². The van der Waals surface area contributed by atoms with Crippen LogP contribution < -0.4 is 0 Å². The molecule has 0 spiro atoms. The minimum Gasteiger partial charge on any atom is -0.393 e. The van der Waals surface area contributed by atoms with Gasteiger partial charge in [0.2, 0.25) is 0 Å². The molecule has 4 aliphatic carbocycles. The third-order valence-electron chi connectivity index (χ3n) is 12.2. The molecule has 0 radical (unpaired) electrons. The van der Waals surface area contributed by atoms with Crippen LogP contribution >= 0.6 is 0 Å². The second-order valence-electron chi connectivity index (χ2n) is 13.9. The van der Waals surface area contributed by atoms with E-state index in [1.54, 1.807) is 0 Å². The number of hydrogen-bond acceptors (Lipinski definition) is 2. The third-order valence-corrected chi connectivity index (χ3v) is 12.2. The van der Waals surface area contributed by atoms with Crippen LogP contribution in [0.1, 0.15) is 125 Å². The molecule has 0 heterocycles. The van der Waals surface area contributed by atoms with Gasteiger partial charge >= 0.3 is 0 Å². The van der Waals surface area contributed by atoms with E-state index in [1.165, 1.54) is 57.8 Å². The van der Waals surface area contributed by atoms with Gasteiger partial charge in [0.25, 0.3) is 0 Å². The van der Waals surface area contributed by atoms with E-state index in [0.717, 1.165) is 61.2 Å². The van der Waals surface area contributed by atoms with E-state index in [0.29, 0.717) is 16.7 Å². The smallest absolute Gasteiger partial charge is 0.0648 e. The maximum atomic E-state index is 11.1. The fourth-order valence-electron chi connectivity index (χ4n) is 9.79. The van der Waals surface area contributed by atoms with Crippen molar-refractivity contribution in [3.05, 3.63) is 0 Å². The summed E-state index contributed by atoms with van der Waals surface area (Å²) in [6, 6.07) is 0. The van der Waals surface area contributed by atoms with Crippen LogP contribution in [0.4, 0.5) is 0 Å². The summed E-state index contributed by atoms with van der Waals surface area (Å²) in [6.45, 7) is 14.3. The molecule has 186 valence electrons. The van der Waals surface area contributed by atoms with Crippen LogP contribution in [0.25, 0.3) is 0 Å². The molecule has 10 atom stereocenters. The zero-order chi connectivity index (χ0) is 23.3. The van der Waals surface area contributed by atoms with Crippen LogP contribution in [0.5, 0.6) is 0 Å². The maximum absolute atomic E-state index is 11.1. The lowest BCUT2D eigenvalue weighted by atomic mass is 9.48. The summed E-state index contributed by atoms with van der Waals surface area (Å²) in [6.07, 6.45) is 16.2. The third kappa shape index (κ3) is 4.23. The van der Waals surface area contributed by atoms with Gasteiger partial charge in [0.05, 0.1) is 11.7 Å². The summed E-state index contributed by atoms with van der Waals surface area (Å²) in [5, 5.41) is 21.5. The van der Waals surface area contributed by atoms with Gasteiger partial charge in [-0.3, -0.25) is 0 Å². The second-order valence-corrected chi connectivity index (χ2v) is 13.9. The van der Waals surface area contributed by atoms with E-state index in [4.69, 9.17) is 0 Å². The van der Waals surface area contributed by atoms with Crippen LogP contribution in [-0.2, 0) is 0 Å². The quantitative estimate of drug-likeness (QED) is 0.441. The van der Waals surface area contributed by atoms with Crippen molar-refractivity contribution in [3.63, 3.8) is 0 Å². The summed E-state index contributed by atoms with van der Waals surface area (Å²) >= 11 is 0. The fraction of sp³-hybridized carbons (Fsp3) is 1.00. The van der Waals surface area contributed by atoms with Crippen LogP contribution in [0, 0.1) is 52.3 Å². The first-order valence-electron chi connectivity index (χ1n) is 14.4. The van der Waals surface area contributed by atoms with Crippen molar-refractivity contribution in [2.45, 2.75) is 137 Å². The Morgan fingerprint density at radius 2 is 1.56 bits per heavy atom. The maximum Gasteiger partial charge on any atom is 0.0648 e. The van der Waals surface area contributed by atoms with Crippen molar-refractivity contribution in [3.8, 4) is 0 Å². The van der Waals surface area contributed by atoms with Gasteiger partial charge in [-0.15, -0.1) is 0 Å². The SMILES string of the molecule is CC[C@]1(O)CC[C@@]2(C)[C@@H](CCC[C@H]3[C@@H]2CC[C@]2(C)[C@@H]([C@H](C)CC[C@@H](O)C(C)C)CC[C@@H]32)C1. The minimum atomic E-state index is -0.387. The van der Waals surface area contributed by atoms with E-state index in [9.17, 15) is 10.2 Å². The lowest BCUT2D eigenvalue weighted by Gasteiger charge is -2.58.